The van der Waals surface area contributed by atoms with Crippen molar-refractivity contribution >= 4 is 11.8 Å². The molecule has 1 aliphatic rings. The summed E-state index contributed by atoms with van der Waals surface area (Å²) in [6, 6.07) is 3.48. The van der Waals surface area contributed by atoms with Gasteiger partial charge in [0.15, 0.2) is 11.5 Å². The highest BCUT2D eigenvalue weighted by Gasteiger charge is 2.26. The molecule has 4 nitrogen and oxygen atoms in total. The first-order valence-electron chi connectivity index (χ1n) is 6.12. The van der Waals surface area contributed by atoms with Gasteiger partial charge >= 0.3 is 0 Å². The van der Waals surface area contributed by atoms with Gasteiger partial charge < -0.3 is 20.6 Å². The van der Waals surface area contributed by atoms with Gasteiger partial charge in [-0.15, -0.1) is 0 Å². The maximum atomic E-state index is 9.72. The summed E-state index contributed by atoms with van der Waals surface area (Å²) in [6.45, 7) is 0.501. The van der Waals surface area contributed by atoms with E-state index in [1.165, 1.54) is 18.9 Å². The predicted octanol–water partition coefficient (Wildman–Crippen LogP) is 2.18. The van der Waals surface area contributed by atoms with E-state index in [0.717, 1.165) is 6.42 Å². The molecule has 0 aromatic heterocycles. The molecule has 1 aliphatic carbocycles. The van der Waals surface area contributed by atoms with Crippen LogP contribution in [0.4, 0.5) is 0 Å². The summed E-state index contributed by atoms with van der Waals surface area (Å²) >= 11 is 1.87. The lowest BCUT2D eigenvalue weighted by Gasteiger charge is -2.19. The van der Waals surface area contributed by atoms with Crippen LogP contribution in [0, 0.1) is 0 Å². The van der Waals surface area contributed by atoms with Crippen molar-refractivity contribution in [1.82, 2.24) is 5.32 Å². The molecule has 0 spiro atoms. The minimum absolute atomic E-state index is 0.235. The number of hydrogen-bond acceptors (Lipinski definition) is 5. The Morgan fingerprint density at radius 2 is 2.00 bits per heavy atom. The Bertz CT molecular complexity index is 425. The third-order valence-electron chi connectivity index (χ3n) is 3.52. The van der Waals surface area contributed by atoms with E-state index in [1.807, 2.05) is 11.8 Å². The maximum Gasteiger partial charge on any atom is 0.200 e. The second-order valence-electron chi connectivity index (χ2n) is 4.63. The lowest BCUT2D eigenvalue weighted by molar-refractivity contribution is 0.363. The third-order valence-corrected chi connectivity index (χ3v) is 4.69. The quantitative estimate of drug-likeness (QED) is 0.631. The highest BCUT2D eigenvalue weighted by atomic mass is 32.2. The molecule has 100 valence electrons. The van der Waals surface area contributed by atoms with Gasteiger partial charge in [-0.05, 0) is 25.2 Å². The van der Waals surface area contributed by atoms with Crippen molar-refractivity contribution in [2.24, 2.45) is 0 Å². The molecule has 2 unspecified atom stereocenters. The van der Waals surface area contributed by atoms with Crippen molar-refractivity contribution < 1.29 is 15.3 Å². The van der Waals surface area contributed by atoms with E-state index in [9.17, 15) is 15.3 Å². The number of rotatable bonds is 4. The molecule has 0 bridgehead atoms. The first-order valence-corrected chi connectivity index (χ1v) is 7.41. The minimum atomic E-state index is -0.442. The summed E-state index contributed by atoms with van der Waals surface area (Å²) in [7, 11) is 0. The van der Waals surface area contributed by atoms with E-state index >= 15 is 0 Å². The molecule has 0 aliphatic heterocycles. The molecule has 0 radical (unpaired) electrons. The van der Waals surface area contributed by atoms with Gasteiger partial charge in [0.25, 0.3) is 0 Å². The van der Waals surface area contributed by atoms with E-state index in [0.29, 0.717) is 23.4 Å². The first-order chi connectivity index (χ1) is 8.63. The fourth-order valence-electron chi connectivity index (χ4n) is 2.44. The van der Waals surface area contributed by atoms with Crippen molar-refractivity contribution in [1.29, 1.82) is 0 Å². The monoisotopic (exact) mass is 269 g/mol. The number of nitrogens with one attached hydrogen (secondary N) is 1. The normalized spacial score (nSPS) is 23.4. The second-order valence-corrected chi connectivity index (χ2v) is 5.71. The largest absolute Gasteiger partial charge is 0.504 e. The fourth-order valence-corrected chi connectivity index (χ4v) is 3.40. The summed E-state index contributed by atoms with van der Waals surface area (Å²) < 4.78 is 0. The first kappa shape index (κ1) is 13.4. The van der Waals surface area contributed by atoms with Crippen molar-refractivity contribution in [2.75, 3.05) is 6.26 Å². The molecule has 4 N–H and O–H groups in total. The van der Waals surface area contributed by atoms with E-state index in [4.69, 9.17) is 0 Å². The molecule has 2 rings (SSSR count). The van der Waals surface area contributed by atoms with Crippen LogP contribution in [0.15, 0.2) is 12.1 Å². The summed E-state index contributed by atoms with van der Waals surface area (Å²) in [5, 5.41) is 32.5. The van der Waals surface area contributed by atoms with Gasteiger partial charge in [0.05, 0.1) is 0 Å². The van der Waals surface area contributed by atoms with Crippen LogP contribution in [0.5, 0.6) is 17.2 Å². The molecule has 0 saturated heterocycles. The van der Waals surface area contributed by atoms with Gasteiger partial charge in [0.1, 0.15) is 0 Å². The molecular formula is C13H19NO3S. The molecular weight excluding hydrogens is 250 g/mol. The van der Waals surface area contributed by atoms with E-state index < -0.39 is 5.75 Å². The smallest absolute Gasteiger partial charge is 0.200 e. The van der Waals surface area contributed by atoms with Crippen LogP contribution in [0.3, 0.4) is 0 Å². The molecule has 1 aromatic rings. The predicted molar refractivity (Wildman–Crippen MR) is 73.2 cm³/mol. The Labute approximate surface area is 111 Å². The van der Waals surface area contributed by atoms with Crippen LogP contribution in [-0.2, 0) is 6.54 Å². The Hall–Kier alpha value is -1.07. The average molecular weight is 269 g/mol. The SMILES string of the molecule is CSC1CCCC1NCc1ccc(O)c(O)c1O. The van der Waals surface area contributed by atoms with E-state index in [2.05, 4.69) is 11.6 Å². The zero-order valence-corrected chi connectivity index (χ0v) is 11.2. The molecule has 18 heavy (non-hydrogen) atoms. The van der Waals surface area contributed by atoms with Gasteiger partial charge in [0.2, 0.25) is 5.75 Å². The van der Waals surface area contributed by atoms with Gasteiger partial charge in [0, 0.05) is 23.4 Å². The summed E-state index contributed by atoms with van der Waals surface area (Å²) in [4.78, 5) is 0. The highest BCUT2D eigenvalue weighted by Crippen LogP contribution is 2.37. The summed E-state index contributed by atoms with van der Waals surface area (Å²) in [5.41, 5.74) is 0.608. The number of phenols is 3. The number of benzene rings is 1. The maximum absolute atomic E-state index is 9.72. The Kier molecular flexibility index (Phi) is 4.24. The zero-order chi connectivity index (χ0) is 13.1. The van der Waals surface area contributed by atoms with Crippen molar-refractivity contribution in [2.45, 2.75) is 37.1 Å². The van der Waals surface area contributed by atoms with Crippen molar-refractivity contribution in [3.05, 3.63) is 17.7 Å². The minimum Gasteiger partial charge on any atom is -0.504 e. The molecule has 5 heteroatoms. The lowest BCUT2D eigenvalue weighted by Crippen LogP contribution is -2.33. The van der Waals surface area contributed by atoms with E-state index in [1.54, 1.807) is 6.07 Å². The van der Waals surface area contributed by atoms with Crippen molar-refractivity contribution in [3.8, 4) is 17.2 Å². The number of hydrogen-bond donors (Lipinski definition) is 4. The van der Waals surface area contributed by atoms with Gasteiger partial charge in [-0.25, -0.2) is 0 Å². The van der Waals surface area contributed by atoms with Crippen LogP contribution in [0.25, 0.3) is 0 Å². The molecule has 1 saturated carbocycles. The number of phenolic OH excluding ortho intramolecular Hbond substituents is 3. The second kappa shape index (κ2) is 5.71. The number of thioether (sulfide) groups is 1. The average Bonchev–Trinajstić information content (AvgIpc) is 2.82. The molecule has 1 fully saturated rings. The van der Waals surface area contributed by atoms with Gasteiger partial charge in [-0.3, -0.25) is 0 Å². The van der Waals surface area contributed by atoms with Crippen LogP contribution < -0.4 is 5.32 Å². The highest BCUT2D eigenvalue weighted by molar-refractivity contribution is 7.99. The summed E-state index contributed by atoms with van der Waals surface area (Å²) in [5.74, 6) is -0.970. The topological polar surface area (TPSA) is 72.7 Å². The Balaban J connectivity index is 2.00. The summed E-state index contributed by atoms with van der Waals surface area (Å²) in [6.07, 6.45) is 5.73. The fraction of sp³-hybridized carbons (Fsp3) is 0.538. The van der Waals surface area contributed by atoms with Crippen LogP contribution >= 0.6 is 11.8 Å². The number of aromatic hydroxyl groups is 3. The molecule has 0 heterocycles. The van der Waals surface area contributed by atoms with Gasteiger partial charge in [-0.2, -0.15) is 11.8 Å². The van der Waals surface area contributed by atoms with Crippen molar-refractivity contribution in [3.63, 3.8) is 0 Å². The Morgan fingerprint density at radius 1 is 1.22 bits per heavy atom. The molecule has 1 aromatic carbocycles. The lowest BCUT2D eigenvalue weighted by atomic mass is 10.1. The molecule has 2 atom stereocenters. The van der Waals surface area contributed by atoms with Crippen LogP contribution in [0.2, 0.25) is 0 Å². The third kappa shape index (κ3) is 2.67. The van der Waals surface area contributed by atoms with Crippen LogP contribution in [0.1, 0.15) is 24.8 Å². The van der Waals surface area contributed by atoms with Crippen LogP contribution in [-0.4, -0.2) is 32.9 Å². The standard InChI is InChI=1S/C13H19NO3S/c1-18-11-4-2-3-9(11)14-7-8-5-6-10(15)13(17)12(8)16/h5-6,9,11,14-17H,2-4,7H2,1H3. The molecule has 0 amide bonds. The zero-order valence-electron chi connectivity index (χ0n) is 10.4. The van der Waals surface area contributed by atoms with Gasteiger partial charge in [-0.1, -0.05) is 12.5 Å². The van der Waals surface area contributed by atoms with E-state index in [-0.39, 0.29) is 11.5 Å². The Morgan fingerprint density at radius 3 is 2.72 bits per heavy atom.